The molecule has 26 heavy (non-hydrogen) atoms. The number of nitrogens with one attached hydrogen (secondary N) is 1. The van der Waals surface area contributed by atoms with Gasteiger partial charge in [0.25, 0.3) is 5.91 Å². The number of carbonyl (C=O) groups excluding carboxylic acids is 2. The molecule has 0 aliphatic rings. The van der Waals surface area contributed by atoms with Crippen molar-refractivity contribution in [2.45, 2.75) is 27.7 Å². The Hall–Kier alpha value is -2.82. The number of carbonyl (C=O) groups is 2. The summed E-state index contributed by atoms with van der Waals surface area (Å²) < 4.78 is 10.7. The Morgan fingerprint density at radius 3 is 2.54 bits per heavy atom. The lowest BCUT2D eigenvalue weighted by molar-refractivity contribution is -0.119. The molecule has 2 aromatic carbocycles. The quantitative estimate of drug-likeness (QED) is 0.758. The highest BCUT2D eigenvalue weighted by Crippen LogP contribution is 2.18. The Balaban J connectivity index is 1.90. The summed E-state index contributed by atoms with van der Waals surface area (Å²) in [7, 11) is 0. The van der Waals surface area contributed by atoms with Crippen LogP contribution in [-0.2, 0) is 9.53 Å². The molecule has 0 radical (unpaired) electrons. The molecule has 0 spiro atoms. The van der Waals surface area contributed by atoms with Crippen LogP contribution in [0.4, 0.5) is 5.69 Å². The van der Waals surface area contributed by atoms with Crippen molar-refractivity contribution in [1.82, 2.24) is 0 Å². The van der Waals surface area contributed by atoms with Gasteiger partial charge in [0.2, 0.25) is 0 Å². The van der Waals surface area contributed by atoms with Crippen molar-refractivity contribution in [3.63, 3.8) is 0 Å². The maximum atomic E-state index is 12.2. The standard InChI is InChI=1S/C21H25NO4/c1-14(2)12-25-18-9-6-8-17(11-18)21(24)26-13-20(23)22-19-10-5-7-15(3)16(19)4/h5-11,14H,12-13H2,1-4H3,(H,22,23). The molecule has 1 N–H and O–H groups in total. The Morgan fingerprint density at radius 1 is 1.08 bits per heavy atom. The van der Waals surface area contributed by atoms with Crippen LogP contribution in [0.2, 0.25) is 0 Å². The van der Waals surface area contributed by atoms with E-state index in [9.17, 15) is 9.59 Å². The van der Waals surface area contributed by atoms with E-state index < -0.39 is 5.97 Å². The number of amides is 1. The van der Waals surface area contributed by atoms with Crippen molar-refractivity contribution in [2.75, 3.05) is 18.5 Å². The Kier molecular flexibility index (Phi) is 6.78. The minimum Gasteiger partial charge on any atom is -0.493 e. The molecule has 0 saturated heterocycles. The molecule has 0 unspecified atom stereocenters. The number of ether oxygens (including phenoxy) is 2. The third kappa shape index (κ3) is 5.62. The molecule has 138 valence electrons. The second-order valence-corrected chi connectivity index (χ2v) is 6.60. The van der Waals surface area contributed by atoms with Crippen molar-refractivity contribution in [3.8, 4) is 5.75 Å². The Bertz CT molecular complexity index is 783. The second kappa shape index (κ2) is 9.04. The summed E-state index contributed by atoms with van der Waals surface area (Å²) >= 11 is 0. The van der Waals surface area contributed by atoms with Gasteiger partial charge in [-0.1, -0.05) is 32.0 Å². The monoisotopic (exact) mass is 355 g/mol. The van der Waals surface area contributed by atoms with E-state index in [4.69, 9.17) is 9.47 Å². The van der Waals surface area contributed by atoms with Gasteiger partial charge in [0.15, 0.2) is 6.61 Å². The molecule has 0 aliphatic heterocycles. The van der Waals surface area contributed by atoms with E-state index >= 15 is 0 Å². The van der Waals surface area contributed by atoms with E-state index in [0.29, 0.717) is 23.8 Å². The summed E-state index contributed by atoms with van der Waals surface area (Å²) in [5, 5.41) is 2.76. The molecular formula is C21H25NO4. The van der Waals surface area contributed by atoms with E-state index in [1.807, 2.05) is 45.9 Å². The maximum Gasteiger partial charge on any atom is 0.338 e. The van der Waals surface area contributed by atoms with Crippen LogP contribution in [0.15, 0.2) is 42.5 Å². The van der Waals surface area contributed by atoms with Crippen LogP contribution in [0.5, 0.6) is 5.75 Å². The molecule has 0 fully saturated rings. The number of rotatable bonds is 7. The fraction of sp³-hybridized carbons (Fsp3) is 0.333. The van der Waals surface area contributed by atoms with Crippen LogP contribution in [0.25, 0.3) is 0 Å². The lowest BCUT2D eigenvalue weighted by atomic mass is 10.1. The van der Waals surface area contributed by atoms with Crippen molar-refractivity contribution in [2.24, 2.45) is 5.92 Å². The first-order valence-electron chi connectivity index (χ1n) is 8.63. The molecule has 5 heteroatoms. The predicted molar refractivity (Wildman–Crippen MR) is 102 cm³/mol. The highest BCUT2D eigenvalue weighted by atomic mass is 16.5. The second-order valence-electron chi connectivity index (χ2n) is 6.60. The molecule has 0 saturated carbocycles. The van der Waals surface area contributed by atoms with Crippen molar-refractivity contribution < 1.29 is 19.1 Å². The van der Waals surface area contributed by atoms with Gasteiger partial charge in [0, 0.05) is 5.69 Å². The maximum absolute atomic E-state index is 12.2. The number of aryl methyl sites for hydroxylation is 1. The first-order chi connectivity index (χ1) is 12.4. The first kappa shape index (κ1) is 19.5. The summed E-state index contributed by atoms with van der Waals surface area (Å²) in [5.41, 5.74) is 3.14. The van der Waals surface area contributed by atoms with Gasteiger partial charge in [-0.05, 0) is 55.2 Å². The molecule has 0 heterocycles. The molecule has 0 atom stereocenters. The zero-order valence-corrected chi connectivity index (χ0v) is 15.7. The summed E-state index contributed by atoms with van der Waals surface area (Å²) in [4.78, 5) is 24.2. The van der Waals surface area contributed by atoms with Gasteiger partial charge in [-0.2, -0.15) is 0 Å². The Labute approximate surface area is 154 Å². The lowest BCUT2D eigenvalue weighted by Gasteiger charge is -2.11. The first-order valence-corrected chi connectivity index (χ1v) is 8.63. The van der Waals surface area contributed by atoms with Crippen molar-refractivity contribution >= 4 is 17.6 Å². The van der Waals surface area contributed by atoms with E-state index in [2.05, 4.69) is 5.32 Å². The third-order valence-corrected chi connectivity index (χ3v) is 3.87. The van der Waals surface area contributed by atoms with Crippen LogP contribution in [0, 0.1) is 19.8 Å². The minimum atomic E-state index is -0.559. The van der Waals surface area contributed by atoms with Gasteiger partial charge in [0.05, 0.1) is 12.2 Å². The summed E-state index contributed by atoms with van der Waals surface area (Å²) in [6.07, 6.45) is 0. The smallest absolute Gasteiger partial charge is 0.338 e. The van der Waals surface area contributed by atoms with Crippen LogP contribution in [-0.4, -0.2) is 25.1 Å². The fourth-order valence-corrected chi connectivity index (χ4v) is 2.26. The number of hydrogen-bond acceptors (Lipinski definition) is 4. The van der Waals surface area contributed by atoms with Crippen LogP contribution >= 0.6 is 0 Å². The molecule has 1 amide bonds. The van der Waals surface area contributed by atoms with Gasteiger partial charge in [0.1, 0.15) is 5.75 Å². The topological polar surface area (TPSA) is 64.6 Å². The van der Waals surface area contributed by atoms with Gasteiger partial charge in [-0.3, -0.25) is 4.79 Å². The molecule has 5 nitrogen and oxygen atoms in total. The normalized spacial score (nSPS) is 10.5. The minimum absolute atomic E-state index is 0.344. The lowest BCUT2D eigenvalue weighted by Crippen LogP contribution is -2.21. The highest BCUT2D eigenvalue weighted by molar-refractivity contribution is 5.96. The largest absolute Gasteiger partial charge is 0.493 e. The van der Waals surface area contributed by atoms with Gasteiger partial charge >= 0.3 is 5.97 Å². The summed E-state index contributed by atoms with van der Waals surface area (Å²) in [6, 6.07) is 12.4. The molecule has 2 rings (SSSR count). The van der Waals surface area contributed by atoms with E-state index in [1.54, 1.807) is 24.3 Å². The average Bonchev–Trinajstić information content (AvgIpc) is 2.62. The van der Waals surface area contributed by atoms with Gasteiger partial charge < -0.3 is 14.8 Å². The van der Waals surface area contributed by atoms with Crippen molar-refractivity contribution in [1.29, 1.82) is 0 Å². The predicted octanol–water partition coefficient (Wildman–Crippen LogP) is 4.13. The molecular weight excluding hydrogens is 330 g/mol. The number of anilines is 1. The van der Waals surface area contributed by atoms with E-state index in [0.717, 1.165) is 16.8 Å². The average molecular weight is 355 g/mol. The summed E-state index contributed by atoms with van der Waals surface area (Å²) in [5.74, 6) is 0.0581. The molecule has 2 aromatic rings. The number of benzene rings is 2. The van der Waals surface area contributed by atoms with Crippen molar-refractivity contribution in [3.05, 3.63) is 59.2 Å². The van der Waals surface area contributed by atoms with E-state index in [1.165, 1.54) is 0 Å². The SMILES string of the molecule is Cc1cccc(NC(=O)COC(=O)c2cccc(OCC(C)C)c2)c1C. The van der Waals surface area contributed by atoms with Crippen LogP contribution in [0.1, 0.15) is 35.3 Å². The highest BCUT2D eigenvalue weighted by Gasteiger charge is 2.12. The van der Waals surface area contributed by atoms with E-state index in [-0.39, 0.29) is 12.5 Å². The van der Waals surface area contributed by atoms with Gasteiger partial charge in [-0.25, -0.2) is 4.79 Å². The Morgan fingerprint density at radius 2 is 1.81 bits per heavy atom. The zero-order chi connectivity index (χ0) is 19.1. The number of esters is 1. The summed E-state index contributed by atoms with van der Waals surface area (Å²) in [6.45, 7) is 8.22. The molecule has 0 aromatic heterocycles. The number of hydrogen-bond donors (Lipinski definition) is 1. The van der Waals surface area contributed by atoms with Crippen LogP contribution < -0.4 is 10.1 Å². The van der Waals surface area contributed by atoms with Crippen LogP contribution in [0.3, 0.4) is 0 Å². The fourth-order valence-electron chi connectivity index (χ4n) is 2.26. The third-order valence-electron chi connectivity index (χ3n) is 3.87. The molecule has 0 aliphatic carbocycles. The molecule has 0 bridgehead atoms. The van der Waals surface area contributed by atoms with Gasteiger partial charge in [-0.15, -0.1) is 0 Å². The zero-order valence-electron chi connectivity index (χ0n) is 15.7.